The highest BCUT2D eigenvalue weighted by Crippen LogP contribution is 2.35. The van der Waals surface area contributed by atoms with E-state index in [1.807, 2.05) is 0 Å². The van der Waals surface area contributed by atoms with Crippen molar-refractivity contribution in [2.24, 2.45) is 0 Å². The molecule has 0 radical (unpaired) electrons. The van der Waals surface area contributed by atoms with Crippen LogP contribution in [0.4, 0.5) is 4.39 Å². The van der Waals surface area contributed by atoms with E-state index in [2.05, 4.69) is 7.05 Å². The van der Waals surface area contributed by atoms with Gasteiger partial charge in [-0.15, -0.1) is 0 Å². The van der Waals surface area contributed by atoms with Crippen molar-refractivity contribution in [3.05, 3.63) is 42.7 Å². The number of benzene rings is 1. The summed E-state index contributed by atoms with van der Waals surface area (Å²) >= 11 is 0. The summed E-state index contributed by atoms with van der Waals surface area (Å²) in [5, 5.41) is 0. The van der Waals surface area contributed by atoms with Gasteiger partial charge in [0.2, 0.25) is 0 Å². The Morgan fingerprint density at radius 1 is 1.33 bits per heavy atom. The van der Waals surface area contributed by atoms with Gasteiger partial charge in [-0.2, -0.15) is 7.05 Å². The molecule has 1 heterocycles. The fraction of sp³-hybridized carbons (Fsp3) is 0.500. The molecule has 0 bridgehead atoms. The molecular formula is C14H20FNO2. The highest BCUT2D eigenvalue weighted by atomic mass is 19.1. The Hall–Kier alpha value is -0.970. The Kier molecular flexibility index (Phi) is 4.00. The zero-order chi connectivity index (χ0) is 13.2. The third kappa shape index (κ3) is 2.28. The van der Waals surface area contributed by atoms with Crippen molar-refractivity contribution >= 4 is 0 Å². The molecule has 1 saturated heterocycles. The summed E-state index contributed by atoms with van der Waals surface area (Å²) in [6.07, 6.45) is 0.737. The minimum Gasteiger partial charge on any atom is -0.465 e. The molecule has 100 valence electrons. The van der Waals surface area contributed by atoms with Crippen LogP contribution in [0.3, 0.4) is 0 Å². The van der Waals surface area contributed by atoms with Gasteiger partial charge in [-0.05, 0) is 17.7 Å². The van der Waals surface area contributed by atoms with Crippen molar-refractivity contribution in [3.63, 3.8) is 0 Å². The molecule has 0 amide bonds. The number of piperidine rings is 1. The first kappa shape index (κ1) is 13.5. The zero-order valence-corrected chi connectivity index (χ0v) is 10.9. The quantitative estimate of drug-likeness (QED) is 0.804. The second-order valence-corrected chi connectivity index (χ2v) is 4.78. The number of halogens is 1. The lowest BCUT2D eigenvalue weighted by Crippen LogP contribution is -3.10. The van der Waals surface area contributed by atoms with E-state index in [1.165, 1.54) is 17.0 Å². The second kappa shape index (κ2) is 5.34. The number of hydrogen-bond acceptors (Lipinski definition) is 2. The topological polar surface area (TPSA) is 22.9 Å². The van der Waals surface area contributed by atoms with Gasteiger partial charge in [-0.1, -0.05) is 12.1 Å². The van der Waals surface area contributed by atoms with E-state index in [0.717, 1.165) is 25.1 Å². The highest BCUT2D eigenvalue weighted by molar-refractivity contribution is 5.25. The largest absolute Gasteiger partial charge is 0.465 e. The first-order valence-corrected chi connectivity index (χ1v) is 6.13. The van der Waals surface area contributed by atoms with Gasteiger partial charge in [-0.3, -0.25) is 0 Å². The van der Waals surface area contributed by atoms with Crippen LogP contribution in [0.15, 0.2) is 24.3 Å². The van der Waals surface area contributed by atoms with E-state index in [0.29, 0.717) is 0 Å². The molecule has 1 aliphatic heterocycles. The first-order chi connectivity index (χ1) is 8.62. The Morgan fingerprint density at radius 2 is 2.00 bits per heavy atom. The van der Waals surface area contributed by atoms with Gasteiger partial charge < -0.3 is 14.4 Å². The SMILES string of the molecule is [CH2-][NH+]1CCC(OC)(c2ccc(F)cc2)C(OC)C1. The van der Waals surface area contributed by atoms with Gasteiger partial charge in [0.15, 0.2) is 0 Å². The van der Waals surface area contributed by atoms with Crippen LogP contribution in [-0.2, 0) is 15.1 Å². The summed E-state index contributed by atoms with van der Waals surface area (Å²) in [4.78, 5) is 1.18. The second-order valence-electron chi connectivity index (χ2n) is 4.78. The number of quaternary nitrogens is 1. The van der Waals surface area contributed by atoms with E-state index in [9.17, 15) is 4.39 Å². The molecule has 0 spiro atoms. The number of nitrogens with one attached hydrogen (secondary N) is 1. The molecule has 3 atom stereocenters. The maximum absolute atomic E-state index is 13.0. The summed E-state index contributed by atoms with van der Waals surface area (Å²) in [5.41, 5.74) is 0.467. The summed E-state index contributed by atoms with van der Waals surface area (Å²) in [6, 6.07) is 6.48. The standard InChI is InChI=1S/C14H20FNO2/c1-16-9-8-14(18-3,13(10-16)17-2)11-4-6-12(15)7-5-11/h4-7,13,16H,1,8-10H2,2-3H3. The molecule has 0 aliphatic carbocycles. The van der Waals surface area contributed by atoms with Crippen molar-refractivity contribution in [3.8, 4) is 0 Å². The van der Waals surface area contributed by atoms with E-state index < -0.39 is 5.60 Å². The number of methoxy groups -OCH3 is 2. The van der Waals surface area contributed by atoms with Gasteiger partial charge >= 0.3 is 0 Å². The van der Waals surface area contributed by atoms with Gasteiger partial charge in [0.25, 0.3) is 0 Å². The van der Waals surface area contributed by atoms with Gasteiger partial charge in [-0.25, -0.2) is 4.39 Å². The number of rotatable bonds is 3. The summed E-state index contributed by atoms with van der Waals surface area (Å²) in [7, 11) is 7.39. The number of hydrogen-bond donors (Lipinski definition) is 1. The minimum atomic E-state index is -0.496. The summed E-state index contributed by atoms with van der Waals surface area (Å²) in [5.74, 6) is -0.237. The lowest BCUT2D eigenvalue weighted by atomic mass is 9.82. The monoisotopic (exact) mass is 253 g/mol. The maximum Gasteiger partial charge on any atom is 0.137 e. The van der Waals surface area contributed by atoms with Crippen molar-refractivity contribution in [2.45, 2.75) is 18.1 Å². The predicted octanol–water partition coefficient (Wildman–Crippen LogP) is 0.763. The molecule has 1 aromatic rings. The third-order valence-electron chi connectivity index (χ3n) is 3.83. The number of ether oxygens (including phenoxy) is 2. The average molecular weight is 253 g/mol. The van der Waals surface area contributed by atoms with Crippen LogP contribution in [0, 0.1) is 12.9 Å². The molecule has 1 aromatic carbocycles. The Balaban J connectivity index is 2.36. The highest BCUT2D eigenvalue weighted by Gasteiger charge is 2.45. The fourth-order valence-electron chi connectivity index (χ4n) is 2.74. The van der Waals surface area contributed by atoms with E-state index in [4.69, 9.17) is 9.47 Å². The van der Waals surface area contributed by atoms with Gasteiger partial charge in [0.1, 0.15) is 17.5 Å². The normalized spacial score (nSPS) is 32.4. The molecule has 18 heavy (non-hydrogen) atoms. The number of likely N-dealkylation sites (tertiary alicyclic amines) is 1. The van der Waals surface area contributed by atoms with Crippen LogP contribution in [0.25, 0.3) is 0 Å². The molecule has 3 nitrogen and oxygen atoms in total. The van der Waals surface area contributed by atoms with Crippen LogP contribution >= 0.6 is 0 Å². The Labute approximate surface area is 107 Å². The molecule has 3 unspecified atom stereocenters. The smallest absolute Gasteiger partial charge is 0.137 e. The van der Waals surface area contributed by atoms with Crippen LogP contribution in [0.5, 0.6) is 0 Å². The van der Waals surface area contributed by atoms with E-state index in [1.54, 1.807) is 26.4 Å². The molecule has 1 fully saturated rings. The van der Waals surface area contributed by atoms with Crippen molar-refractivity contribution < 1.29 is 18.8 Å². The fourth-order valence-corrected chi connectivity index (χ4v) is 2.74. The van der Waals surface area contributed by atoms with Crippen molar-refractivity contribution in [1.82, 2.24) is 0 Å². The molecule has 1 aliphatic rings. The van der Waals surface area contributed by atoms with Gasteiger partial charge in [0, 0.05) is 20.6 Å². The molecule has 2 rings (SSSR count). The lowest BCUT2D eigenvalue weighted by molar-refractivity contribution is -0.867. The zero-order valence-electron chi connectivity index (χ0n) is 10.9. The van der Waals surface area contributed by atoms with Crippen LogP contribution in [-0.4, -0.2) is 33.4 Å². The average Bonchev–Trinajstić information content (AvgIpc) is 2.40. The predicted molar refractivity (Wildman–Crippen MR) is 66.6 cm³/mol. The first-order valence-electron chi connectivity index (χ1n) is 6.13. The Morgan fingerprint density at radius 3 is 2.56 bits per heavy atom. The van der Waals surface area contributed by atoms with E-state index in [-0.39, 0.29) is 11.9 Å². The Bertz CT molecular complexity index is 395. The van der Waals surface area contributed by atoms with Crippen LogP contribution in [0.2, 0.25) is 0 Å². The van der Waals surface area contributed by atoms with Crippen molar-refractivity contribution in [2.75, 3.05) is 27.3 Å². The molecule has 0 saturated carbocycles. The molecular weight excluding hydrogens is 233 g/mol. The molecule has 4 heteroatoms. The van der Waals surface area contributed by atoms with Gasteiger partial charge in [0.05, 0.1) is 13.1 Å². The summed E-state index contributed by atoms with van der Waals surface area (Å²) < 4.78 is 24.4. The lowest BCUT2D eigenvalue weighted by Gasteiger charge is -2.45. The summed E-state index contributed by atoms with van der Waals surface area (Å²) in [6.45, 7) is 1.69. The maximum atomic E-state index is 13.0. The third-order valence-corrected chi connectivity index (χ3v) is 3.83. The van der Waals surface area contributed by atoms with Crippen LogP contribution in [0.1, 0.15) is 12.0 Å². The minimum absolute atomic E-state index is 0.0748. The van der Waals surface area contributed by atoms with Crippen LogP contribution < -0.4 is 4.90 Å². The molecule has 0 aromatic heterocycles. The van der Waals surface area contributed by atoms with Crippen molar-refractivity contribution in [1.29, 1.82) is 0 Å². The molecule has 1 N–H and O–H groups in total. The van der Waals surface area contributed by atoms with E-state index >= 15 is 0 Å².